The number of nitrogens with zero attached hydrogens (tertiary/aromatic N) is 1. The molecule has 0 saturated heterocycles. The van der Waals surface area contributed by atoms with E-state index < -0.39 is 17.9 Å². The molecule has 2 aromatic rings. The quantitative estimate of drug-likeness (QED) is 0.703. The molecule has 0 aliphatic carbocycles. The molecule has 0 fully saturated rings. The normalized spacial score (nSPS) is 13.4. The van der Waals surface area contributed by atoms with E-state index in [1.165, 1.54) is 6.92 Å². The number of carbonyl (C=O) groups excluding carboxylic acids is 3. The number of nitrogens with one attached hydrogen (secondary N) is 1. The summed E-state index contributed by atoms with van der Waals surface area (Å²) in [7, 11) is 1.54. The summed E-state index contributed by atoms with van der Waals surface area (Å²) >= 11 is 0. The van der Waals surface area contributed by atoms with Crippen molar-refractivity contribution in [1.29, 1.82) is 0 Å². The molecule has 1 N–H and O–H groups in total. The lowest BCUT2D eigenvalue weighted by atomic mass is 10.0. The Bertz CT molecular complexity index is 958. The van der Waals surface area contributed by atoms with Gasteiger partial charge in [0.05, 0.1) is 26.2 Å². The van der Waals surface area contributed by atoms with Crippen molar-refractivity contribution in [2.45, 2.75) is 32.9 Å². The van der Waals surface area contributed by atoms with E-state index >= 15 is 0 Å². The molecule has 2 amide bonds. The van der Waals surface area contributed by atoms with E-state index in [1.54, 1.807) is 36.3 Å². The van der Waals surface area contributed by atoms with Crippen molar-refractivity contribution in [2.75, 3.05) is 13.7 Å². The van der Waals surface area contributed by atoms with Gasteiger partial charge >= 0.3 is 5.97 Å². The zero-order valence-corrected chi connectivity index (χ0v) is 17.1. The summed E-state index contributed by atoms with van der Waals surface area (Å²) in [5.41, 5.74) is 4.34. The van der Waals surface area contributed by atoms with Gasteiger partial charge in [-0.2, -0.15) is 5.48 Å². The molecule has 0 spiro atoms. The van der Waals surface area contributed by atoms with Crippen LogP contribution in [-0.2, 0) is 21.0 Å². The zero-order chi connectivity index (χ0) is 21.7. The molecule has 1 aliphatic rings. The Kier molecular flexibility index (Phi) is 6.56. The van der Waals surface area contributed by atoms with Crippen LogP contribution in [0, 0.1) is 0 Å². The highest BCUT2D eigenvalue weighted by Crippen LogP contribution is 2.37. The van der Waals surface area contributed by atoms with Crippen molar-refractivity contribution in [2.24, 2.45) is 0 Å². The number of hydrogen-bond donors (Lipinski definition) is 1. The highest BCUT2D eigenvalue weighted by molar-refractivity contribution is 5.98. The van der Waals surface area contributed by atoms with Crippen LogP contribution >= 0.6 is 0 Å². The summed E-state index contributed by atoms with van der Waals surface area (Å²) in [4.78, 5) is 42.7. The number of ether oxygens (including phenoxy) is 2. The third-order valence-electron chi connectivity index (χ3n) is 4.79. The van der Waals surface area contributed by atoms with Crippen molar-refractivity contribution < 1.29 is 28.7 Å². The van der Waals surface area contributed by atoms with Gasteiger partial charge < -0.3 is 19.2 Å². The van der Waals surface area contributed by atoms with Crippen molar-refractivity contribution in [1.82, 2.24) is 10.4 Å². The van der Waals surface area contributed by atoms with E-state index in [0.29, 0.717) is 35.8 Å². The van der Waals surface area contributed by atoms with Gasteiger partial charge in [-0.25, -0.2) is 0 Å². The lowest BCUT2D eigenvalue weighted by Gasteiger charge is -2.28. The summed E-state index contributed by atoms with van der Waals surface area (Å²) in [6, 6.07) is 12.1. The molecule has 1 heterocycles. The largest absolute Gasteiger partial charge is 0.493 e. The van der Waals surface area contributed by atoms with Gasteiger partial charge in [-0.15, -0.1) is 0 Å². The van der Waals surface area contributed by atoms with Gasteiger partial charge in [0, 0.05) is 19.0 Å². The summed E-state index contributed by atoms with van der Waals surface area (Å²) < 4.78 is 11.0. The fraction of sp³-hybridized carbons (Fsp3) is 0.318. The number of hydroxylamine groups is 1. The second-order valence-corrected chi connectivity index (χ2v) is 6.77. The number of fused-ring (bicyclic) bond motifs is 1. The maximum atomic E-state index is 13.0. The van der Waals surface area contributed by atoms with E-state index in [9.17, 15) is 14.4 Å². The molecule has 1 atom stereocenters. The van der Waals surface area contributed by atoms with Crippen LogP contribution in [0.4, 0.5) is 0 Å². The third-order valence-corrected chi connectivity index (χ3v) is 4.79. The van der Waals surface area contributed by atoms with E-state index in [0.717, 1.165) is 5.56 Å². The monoisotopic (exact) mass is 412 g/mol. The van der Waals surface area contributed by atoms with Crippen LogP contribution in [0.15, 0.2) is 42.5 Å². The summed E-state index contributed by atoms with van der Waals surface area (Å²) in [5, 5.41) is 0. The number of benzene rings is 2. The molecule has 0 aromatic heterocycles. The highest BCUT2D eigenvalue weighted by atomic mass is 16.7. The zero-order valence-electron chi connectivity index (χ0n) is 17.1. The van der Waals surface area contributed by atoms with Gasteiger partial charge in [-0.05, 0) is 36.2 Å². The van der Waals surface area contributed by atoms with Crippen LogP contribution in [0.1, 0.15) is 47.8 Å². The Hall–Kier alpha value is -3.55. The van der Waals surface area contributed by atoms with Gasteiger partial charge in [-0.1, -0.05) is 24.3 Å². The van der Waals surface area contributed by atoms with Crippen molar-refractivity contribution >= 4 is 17.8 Å². The molecule has 8 nitrogen and oxygen atoms in total. The van der Waals surface area contributed by atoms with Crippen molar-refractivity contribution in [3.05, 3.63) is 59.2 Å². The molecule has 0 unspecified atom stereocenters. The van der Waals surface area contributed by atoms with Gasteiger partial charge in [0.2, 0.25) is 0 Å². The SMILES string of the molecule is CCOc1cc([C@@H](CC(=O)NOC(C)=O)N2Cc3ccccc3C2=O)ccc1OC. The van der Waals surface area contributed by atoms with Crippen molar-refractivity contribution in [3.8, 4) is 11.5 Å². The number of methoxy groups -OCH3 is 1. The molecule has 0 saturated carbocycles. The summed E-state index contributed by atoms with van der Waals surface area (Å²) in [6.07, 6.45) is -0.0924. The Balaban J connectivity index is 1.94. The molecule has 0 bridgehead atoms. The van der Waals surface area contributed by atoms with Gasteiger partial charge in [0.15, 0.2) is 11.5 Å². The maximum absolute atomic E-state index is 13.0. The number of hydrogen-bond acceptors (Lipinski definition) is 6. The lowest BCUT2D eigenvalue weighted by Crippen LogP contribution is -2.35. The van der Waals surface area contributed by atoms with Crippen molar-refractivity contribution in [3.63, 3.8) is 0 Å². The minimum atomic E-state index is -0.632. The molecule has 30 heavy (non-hydrogen) atoms. The molecule has 158 valence electrons. The number of rotatable bonds is 7. The first-order chi connectivity index (χ1) is 14.4. The van der Waals surface area contributed by atoms with Crippen LogP contribution in [0.25, 0.3) is 0 Å². The fourth-order valence-electron chi connectivity index (χ4n) is 3.45. The molecule has 2 aromatic carbocycles. The number of amides is 2. The fourth-order valence-corrected chi connectivity index (χ4v) is 3.45. The molecule has 3 rings (SSSR count). The van der Waals surface area contributed by atoms with E-state index in [2.05, 4.69) is 10.3 Å². The number of carbonyl (C=O) groups is 3. The first-order valence-electron chi connectivity index (χ1n) is 9.60. The molecular formula is C22H24N2O6. The van der Waals surface area contributed by atoms with Gasteiger partial charge in [0.1, 0.15) is 0 Å². The van der Waals surface area contributed by atoms with Crippen LogP contribution in [0.2, 0.25) is 0 Å². The van der Waals surface area contributed by atoms with Gasteiger partial charge in [0.25, 0.3) is 11.8 Å². The standard InChI is InChI=1S/C22H24N2O6/c1-4-29-20-11-15(9-10-19(20)28-3)18(12-21(26)23-30-14(2)25)24-13-16-7-5-6-8-17(16)22(24)27/h5-11,18H,4,12-13H2,1-3H3,(H,23,26)/t18-/m1/s1. The third kappa shape index (κ3) is 4.53. The van der Waals surface area contributed by atoms with Crippen LogP contribution < -0.4 is 15.0 Å². The van der Waals surface area contributed by atoms with E-state index in [-0.39, 0.29) is 12.3 Å². The minimum absolute atomic E-state index is 0.0924. The first kappa shape index (κ1) is 21.2. The Morgan fingerprint density at radius 3 is 2.60 bits per heavy atom. The molecule has 0 radical (unpaired) electrons. The minimum Gasteiger partial charge on any atom is -0.493 e. The Labute approximate surface area is 174 Å². The van der Waals surface area contributed by atoms with Crippen LogP contribution in [-0.4, -0.2) is 36.4 Å². The molecular weight excluding hydrogens is 388 g/mol. The summed E-state index contributed by atoms with van der Waals surface area (Å²) in [6.45, 7) is 3.86. The van der Waals surface area contributed by atoms with Gasteiger partial charge in [-0.3, -0.25) is 14.4 Å². The Morgan fingerprint density at radius 1 is 1.17 bits per heavy atom. The first-order valence-corrected chi connectivity index (χ1v) is 9.60. The Morgan fingerprint density at radius 2 is 1.93 bits per heavy atom. The topological polar surface area (TPSA) is 94.2 Å². The second kappa shape index (κ2) is 9.30. The molecule has 1 aliphatic heterocycles. The summed E-state index contributed by atoms with van der Waals surface area (Å²) in [5.74, 6) is -0.239. The van der Waals surface area contributed by atoms with E-state index in [4.69, 9.17) is 9.47 Å². The average molecular weight is 412 g/mol. The van der Waals surface area contributed by atoms with Crippen LogP contribution in [0.3, 0.4) is 0 Å². The van der Waals surface area contributed by atoms with E-state index in [1.807, 2.05) is 25.1 Å². The predicted octanol–water partition coefficient (Wildman–Crippen LogP) is 2.78. The lowest BCUT2D eigenvalue weighted by molar-refractivity contribution is -0.156. The van der Waals surface area contributed by atoms with Crippen LogP contribution in [0.5, 0.6) is 11.5 Å². The maximum Gasteiger partial charge on any atom is 0.329 e. The second-order valence-electron chi connectivity index (χ2n) is 6.77. The highest BCUT2D eigenvalue weighted by Gasteiger charge is 2.35. The predicted molar refractivity (Wildman–Crippen MR) is 108 cm³/mol. The average Bonchev–Trinajstić information content (AvgIpc) is 3.07. The molecule has 8 heteroatoms. The smallest absolute Gasteiger partial charge is 0.329 e.